The third kappa shape index (κ3) is 3.65. The minimum absolute atomic E-state index is 0.100. The van der Waals surface area contributed by atoms with Gasteiger partial charge in [-0.2, -0.15) is 0 Å². The monoisotopic (exact) mass is 273 g/mol. The van der Waals surface area contributed by atoms with Gasteiger partial charge in [-0.05, 0) is 35.7 Å². The molecule has 0 bridgehead atoms. The van der Waals surface area contributed by atoms with Crippen molar-refractivity contribution < 1.29 is 14.9 Å². The first-order valence-corrected chi connectivity index (χ1v) is 6.52. The zero-order chi connectivity index (χ0) is 14.4. The second kappa shape index (κ2) is 6.82. The topological polar surface area (TPSA) is 61.7 Å². The summed E-state index contributed by atoms with van der Waals surface area (Å²) < 4.78 is 5.10. The Hall–Kier alpha value is -2.20. The van der Waals surface area contributed by atoms with E-state index in [-0.39, 0.29) is 11.5 Å². The number of para-hydroxylation sites is 1. The van der Waals surface area contributed by atoms with Gasteiger partial charge in [0.25, 0.3) is 0 Å². The molecule has 2 rings (SSSR count). The molecule has 0 spiro atoms. The third-order valence-electron chi connectivity index (χ3n) is 3.12. The molecule has 0 unspecified atom stereocenters. The first-order chi connectivity index (χ1) is 9.70. The molecule has 0 saturated carbocycles. The van der Waals surface area contributed by atoms with E-state index in [0.29, 0.717) is 13.2 Å². The molecular weight excluding hydrogens is 254 g/mol. The standard InChI is InChI=1S/C16H19NO3/c1-20-9-8-13-4-2-3-5-14(13)17-11-12-6-7-15(18)16(19)10-12/h2-7,10,17-19H,8-9,11H2,1H3. The Morgan fingerprint density at radius 3 is 2.60 bits per heavy atom. The summed E-state index contributed by atoms with van der Waals surface area (Å²) in [5, 5.41) is 22.1. The van der Waals surface area contributed by atoms with E-state index in [2.05, 4.69) is 11.4 Å². The van der Waals surface area contributed by atoms with Gasteiger partial charge in [-0.15, -0.1) is 0 Å². The number of phenols is 2. The Bertz CT molecular complexity index is 569. The number of anilines is 1. The molecule has 0 radical (unpaired) electrons. The van der Waals surface area contributed by atoms with E-state index in [1.807, 2.05) is 18.2 Å². The van der Waals surface area contributed by atoms with E-state index in [9.17, 15) is 10.2 Å². The molecule has 0 heterocycles. The summed E-state index contributed by atoms with van der Waals surface area (Å²) in [5.74, 6) is -0.203. The number of nitrogens with one attached hydrogen (secondary N) is 1. The summed E-state index contributed by atoms with van der Waals surface area (Å²) in [6.45, 7) is 1.26. The molecule has 2 aromatic carbocycles. The molecule has 0 fully saturated rings. The van der Waals surface area contributed by atoms with E-state index >= 15 is 0 Å². The Balaban J connectivity index is 2.04. The van der Waals surface area contributed by atoms with E-state index in [4.69, 9.17) is 4.74 Å². The van der Waals surface area contributed by atoms with E-state index in [1.165, 1.54) is 11.6 Å². The fraction of sp³-hybridized carbons (Fsp3) is 0.250. The molecule has 106 valence electrons. The first-order valence-electron chi connectivity index (χ1n) is 6.52. The number of hydrogen-bond donors (Lipinski definition) is 3. The zero-order valence-electron chi connectivity index (χ0n) is 11.5. The van der Waals surface area contributed by atoms with Crippen LogP contribution in [0.5, 0.6) is 11.5 Å². The molecule has 0 amide bonds. The fourth-order valence-electron chi connectivity index (χ4n) is 2.00. The zero-order valence-corrected chi connectivity index (χ0v) is 11.5. The van der Waals surface area contributed by atoms with Gasteiger partial charge in [0.2, 0.25) is 0 Å². The molecule has 0 aromatic heterocycles. The van der Waals surface area contributed by atoms with Crippen LogP contribution in [0.2, 0.25) is 0 Å². The summed E-state index contributed by atoms with van der Waals surface area (Å²) in [4.78, 5) is 0. The normalized spacial score (nSPS) is 10.4. The fourth-order valence-corrected chi connectivity index (χ4v) is 2.00. The number of hydrogen-bond acceptors (Lipinski definition) is 4. The van der Waals surface area contributed by atoms with Gasteiger partial charge in [0, 0.05) is 19.3 Å². The Labute approximate surface area is 118 Å². The average molecular weight is 273 g/mol. The predicted octanol–water partition coefficient (Wildman–Crippen LogP) is 2.90. The maximum atomic E-state index is 9.47. The van der Waals surface area contributed by atoms with Crippen molar-refractivity contribution in [1.29, 1.82) is 0 Å². The average Bonchev–Trinajstić information content (AvgIpc) is 2.47. The van der Waals surface area contributed by atoms with Crippen LogP contribution >= 0.6 is 0 Å². The van der Waals surface area contributed by atoms with Crippen molar-refractivity contribution in [2.75, 3.05) is 19.0 Å². The van der Waals surface area contributed by atoms with E-state index in [1.54, 1.807) is 19.2 Å². The van der Waals surface area contributed by atoms with Gasteiger partial charge >= 0.3 is 0 Å². The van der Waals surface area contributed by atoms with Crippen molar-refractivity contribution in [2.45, 2.75) is 13.0 Å². The maximum Gasteiger partial charge on any atom is 0.157 e. The highest BCUT2D eigenvalue weighted by Crippen LogP contribution is 2.25. The van der Waals surface area contributed by atoms with Crippen molar-refractivity contribution in [3.63, 3.8) is 0 Å². The number of rotatable bonds is 6. The van der Waals surface area contributed by atoms with Crippen LogP contribution in [0.1, 0.15) is 11.1 Å². The molecule has 20 heavy (non-hydrogen) atoms. The van der Waals surface area contributed by atoms with Crippen molar-refractivity contribution in [3.05, 3.63) is 53.6 Å². The lowest BCUT2D eigenvalue weighted by molar-refractivity contribution is 0.202. The number of methoxy groups -OCH3 is 1. The number of ether oxygens (including phenoxy) is 1. The van der Waals surface area contributed by atoms with Crippen LogP contribution in [0.15, 0.2) is 42.5 Å². The molecule has 4 nitrogen and oxygen atoms in total. The minimum Gasteiger partial charge on any atom is -0.504 e. The second-order valence-corrected chi connectivity index (χ2v) is 4.58. The number of aromatic hydroxyl groups is 2. The third-order valence-corrected chi connectivity index (χ3v) is 3.12. The highest BCUT2D eigenvalue weighted by atomic mass is 16.5. The summed E-state index contributed by atoms with van der Waals surface area (Å²) >= 11 is 0. The van der Waals surface area contributed by atoms with Crippen molar-refractivity contribution >= 4 is 5.69 Å². The van der Waals surface area contributed by atoms with Crippen LogP contribution in [-0.2, 0) is 17.7 Å². The molecule has 0 aliphatic rings. The summed E-state index contributed by atoms with van der Waals surface area (Å²) in [7, 11) is 1.69. The largest absolute Gasteiger partial charge is 0.504 e. The number of benzene rings is 2. The van der Waals surface area contributed by atoms with Gasteiger partial charge in [-0.1, -0.05) is 24.3 Å². The van der Waals surface area contributed by atoms with E-state index in [0.717, 1.165) is 17.7 Å². The summed E-state index contributed by atoms with van der Waals surface area (Å²) in [5.41, 5.74) is 3.15. The Kier molecular flexibility index (Phi) is 4.85. The van der Waals surface area contributed by atoms with Crippen LogP contribution in [0.25, 0.3) is 0 Å². The smallest absolute Gasteiger partial charge is 0.157 e. The summed E-state index contributed by atoms with van der Waals surface area (Å²) in [6.07, 6.45) is 0.848. The summed E-state index contributed by atoms with van der Waals surface area (Å²) in [6, 6.07) is 12.9. The van der Waals surface area contributed by atoms with Gasteiger partial charge in [0.15, 0.2) is 11.5 Å². The van der Waals surface area contributed by atoms with Crippen LogP contribution < -0.4 is 5.32 Å². The molecule has 4 heteroatoms. The SMILES string of the molecule is COCCc1ccccc1NCc1ccc(O)c(O)c1. The Morgan fingerprint density at radius 2 is 1.85 bits per heavy atom. The van der Waals surface area contributed by atoms with Gasteiger partial charge in [-0.3, -0.25) is 0 Å². The highest BCUT2D eigenvalue weighted by Gasteiger charge is 2.03. The lowest BCUT2D eigenvalue weighted by Gasteiger charge is -2.12. The van der Waals surface area contributed by atoms with Gasteiger partial charge < -0.3 is 20.3 Å². The molecule has 0 atom stereocenters. The molecule has 0 aliphatic carbocycles. The first kappa shape index (κ1) is 14.2. The maximum absolute atomic E-state index is 9.47. The molecule has 0 saturated heterocycles. The molecule has 0 aliphatic heterocycles. The quantitative estimate of drug-likeness (QED) is 0.708. The molecular formula is C16H19NO3. The highest BCUT2D eigenvalue weighted by molar-refractivity contribution is 5.52. The van der Waals surface area contributed by atoms with Crippen molar-refractivity contribution in [3.8, 4) is 11.5 Å². The lowest BCUT2D eigenvalue weighted by Crippen LogP contribution is -2.04. The van der Waals surface area contributed by atoms with Crippen molar-refractivity contribution in [1.82, 2.24) is 0 Å². The minimum atomic E-state index is -0.103. The Morgan fingerprint density at radius 1 is 1.05 bits per heavy atom. The van der Waals surface area contributed by atoms with E-state index < -0.39 is 0 Å². The second-order valence-electron chi connectivity index (χ2n) is 4.58. The van der Waals surface area contributed by atoms with Crippen LogP contribution in [0, 0.1) is 0 Å². The number of phenolic OH excluding ortho intramolecular Hbond substituents is 2. The molecule has 2 aromatic rings. The lowest BCUT2D eigenvalue weighted by atomic mass is 10.1. The van der Waals surface area contributed by atoms with Crippen LogP contribution in [-0.4, -0.2) is 23.9 Å². The van der Waals surface area contributed by atoms with Gasteiger partial charge in [0.05, 0.1) is 6.61 Å². The van der Waals surface area contributed by atoms with Crippen molar-refractivity contribution in [2.24, 2.45) is 0 Å². The molecule has 3 N–H and O–H groups in total. The van der Waals surface area contributed by atoms with Crippen LogP contribution in [0.3, 0.4) is 0 Å². The van der Waals surface area contributed by atoms with Gasteiger partial charge in [-0.25, -0.2) is 0 Å². The predicted molar refractivity (Wildman–Crippen MR) is 79.1 cm³/mol. The van der Waals surface area contributed by atoms with Crippen LogP contribution in [0.4, 0.5) is 5.69 Å². The van der Waals surface area contributed by atoms with Gasteiger partial charge in [0.1, 0.15) is 0 Å².